The first-order chi connectivity index (χ1) is 22.2. The molecular formula is C32H38ClN9O3S. The first-order valence-electron chi connectivity index (χ1n) is 15.6. The first kappa shape index (κ1) is 30.7. The van der Waals surface area contributed by atoms with E-state index in [9.17, 15) is 8.42 Å². The van der Waals surface area contributed by atoms with Gasteiger partial charge >= 0.3 is 0 Å². The van der Waals surface area contributed by atoms with Crippen molar-refractivity contribution < 1.29 is 13.2 Å². The Bertz CT molecular complexity index is 1860. The van der Waals surface area contributed by atoms with Crippen LogP contribution >= 0.6 is 11.6 Å². The number of ether oxygens (including phenoxy) is 1. The van der Waals surface area contributed by atoms with Gasteiger partial charge in [0.25, 0.3) is 0 Å². The van der Waals surface area contributed by atoms with Crippen molar-refractivity contribution in [2.75, 3.05) is 79.4 Å². The van der Waals surface area contributed by atoms with Gasteiger partial charge < -0.3 is 25.2 Å². The number of piperidine rings is 1. The quantitative estimate of drug-likeness (QED) is 0.243. The lowest BCUT2D eigenvalue weighted by Crippen LogP contribution is -2.52. The van der Waals surface area contributed by atoms with E-state index < -0.39 is 10.0 Å². The molecule has 0 amide bonds. The second kappa shape index (κ2) is 12.7. The standard InChI is InChI=1S/C32H38ClN9O3S/c1-40-12-14-41(15-13-40)24-7-10-42(11-8-24)30-6-3-21-17-23(4-5-26(21)36-30)35-32-34-20-25(33)31(38-32)37-27-19-29-22(9-16-45-29)18-28(27)39-46(2,43)44/h3-6,17-20,24,39H,7-16H2,1-2H3,(H2,34,35,37,38). The van der Waals surface area contributed by atoms with Gasteiger partial charge in [0.1, 0.15) is 16.6 Å². The average Bonchev–Trinajstić information content (AvgIpc) is 3.49. The fourth-order valence-electron chi connectivity index (χ4n) is 6.40. The summed E-state index contributed by atoms with van der Waals surface area (Å²) in [6, 6.07) is 14.4. The van der Waals surface area contributed by atoms with Gasteiger partial charge in [0.15, 0.2) is 5.82 Å². The Kier molecular flexibility index (Phi) is 8.49. The summed E-state index contributed by atoms with van der Waals surface area (Å²) < 4.78 is 32.4. The van der Waals surface area contributed by atoms with Gasteiger partial charge in [0.05, 0.1) is 36.0 Å². The summed E-state index contributed by atoms with van der Waals surface area (Å²) in [6.07, 6.45) is 5.64. The number of piperazine rings is 1. The van der Waals surface area contributed by atoms with Crippen LogP contribution in [0.1, 0.15) is 18.4 Å². The van der Waals surface area contributed by atoms with Crippen molar-refractivity contribution in [3.05, 3.63) is 59.2 Å². The van der Waals surface area contributed by atoms with Crippen LogP contribution in [0.2, 0.25) is 5.02 Å². The molecule has 3 aliphatic rings. The van der Waals surface area contributed by atoms with Crippen LogP contribution in [-0.4, -0.2) is 98.4 Å². The third kappa shape index (κ3) is 6.92. The third-order valence-electron chi connectivity index (χ3n) is 8.90. The molecule has 0 unspecified atom stereocenters. The van der Waals surface area contributed by atoms with E-state index in [1.165, 1.54) is 32.1 Å². The van der Waals surface area contributed by atoms with E-state index in [-0.39, 0.29) is 5.02 Å². The second-order valence-corrected chi connectivity index (χ2v) is 14.4. The van der Waals surface area contributed by atoms with Gasteiger partial charge in [-0.25, -0.2) is 18.4 Å². The first-order valence-corrected chi connectivity index (χ1v) is 17.9. The van der Waals surface area contributed by atoms with Gasteiger partial charge in [-0.2, -0.15) is 4.98 Å². The summed E-state index contributed by atoms with van der Waals surface area (Å²) in [4.78, 5) is 21.4. The molecule has 0 atom stereocenters. The molecule has 7 rings (SSSR count). The van der Waals surface area contributed by atoms with Crippen LogP contribution in [0.4, 0.5) is 34.6 Å². The number of nitrogens with one attached hydrogen (secondary N) is 3. The molecule has 3 aliphatic heterocycles. The number of likely N-dealkylation sites (N-methyl/N-ethyl adjacent to an activating group) is 1. The predicted octanol–water partition coefficient (Wildman–Crippen LogP) is 4.69. The third-order valence-corrected chi connectivity index (χ3v) is 9.76. The normalized spacial score (nSPS) is 17.9. The minimum Gasteiger partial charge on any atom is -0.493 e. The van der Waals surface area contributed by atoms with Crippen LogP contribution in [0.25, 0.3) is 10.9 Å². The number of fused-ring (bicyclic) bond motifs is 2. The van der Waals surface area contributed by atoms with Crippen molar-refractivity contribution in [2.24, 2.45) is 0 Å². The maximum Gasteiger partial charge on any atom is 0.229 e. The zero-order valence-electron chi connectivity index (χ0n) is 26.0. The average molecular weight is 664 g/mol. The summed E-state index contributed by atoms with van der Waals surface area (Å²) in [6.45, 7) is 7.22. The number of aromatic nitrogens is 3. The Hall–Kier alpha value is -3.91. The van der Waals surface area contributed by atoms with Crippen molar-refractivity contribution >= 4 is 67.2 Å². The summed E-state index contributed by atoms with van der Waals surface area (Å²) in [5.41, 5.74) is 3.50. The molecular weight excluding hydrogens is 626 g/mol. The molecule has 0 bridgehead atoms. The number of hydrogen-bond acceptors (Lipinski definition) is 11. The topological polar surface area (TPSA) is 128 Å². The highest BCUT2D eigenvalue weighted by atomic mass is 35.5. The lowest BCUT2D eigenvalue weighted by molar-refractivity contribution is 0.0981. The van der Waals surface area contributed by atoms with E-state index in [0.717, 1.165) is 60.4 Å². The molecule has 242 valence electrons. The number of nitrogens with zero attached hydrogens (tertiary/aromatic N) is 6. The van der Waals surface area contributed by atoms with Gasteiger partial charge in [-0.05, 0) is 61.9 Å². The van der Waals surface area contributed by atoms with E-state index >= 15 is 0 Å². The maximum absolute atomic E-state index is 12.1. The fourth-order valence-corrected chi connectivity index (χ4v) is 7.11. The largest absolute Gasteiger partial charge is 0.493 e. The maximum atomic E-state index is 12.1. The molecule has 2 aromatic heterocycles. The highest BCUT2D eigenvalue weighted by Crippen LogP contribution is 2.38. The highest BCUT2D eigenvalue weighted by molar-refractivity contribution is 7.92. The van der Waals surface area contributed by atoms with Crippen molar-refractivity contribution in [2.45, 2.75) is 25.3 Å². The Morgan fingerprint density at radius 1 is 0.935 bits per heavy atom. The van der Waals surface area contributed by atoms with E-state index in [4.69, 9.17) is 21.3 Å². The Balaban J connectivity index is 1.04. The fraction of sp³-hybridized carbons (Fsp3) is 0.406. The van der Waals surface area contributed by atoms with Crippen molar-refractivity contribution in [3.63, 3.8) is 0 Å². The van der Waals surface area contributed by atoms with Crippen LogP contribution in [-0.2, 0) is 16.4 Å². The van der Waals surface area contributed by atoms with Crippen molar-refractivity contribution in [3.8, 4) is 5.75 Å². The van der Waals surface area contributed by atoms with Gasteiger partial charge in [-0.3, -0.25) is 9.62 Å². The number of rotatable bonds is 8. The summed E-state index contributed by atoms with van der Waals surface area (Å²) in [5, 5.41) is 7.70. The Morgan fingerprint density at radius 3 is 2.52 bits per heavy atom. The molecule has 12 nitrogen and oxygen atoms in total. The van der Waals surface area contributed by atoms with Gasteiger partial charge in [0, 0.05) is 68.9 Å². The molecule has 0 saturated carbocycles. The SMILES string of the molecule is CN1CCN(C2CCN(c3ccc4cc(Nc5ncc(Cl)c(Nc6cc7c(cc6NS(C)(=O)=O)CCO7)n5)ccc4n3)CC2)CC1. The predicted molar refractivity (Wildman–Crippen MR) is 184 cm³/mol. The van der Waals surface area contributed by atoms with E-state index in [1.807, 2.05) is 18.2 Å². The molecule has 46 heavy (non-hydrogen) atoms. The molecule has 5 heterocycles. The van der Waals surface area contributed by atoms with Crippen LogP contribution in [0.3, 0.4) is 0 Å². The van der Waals surface area contributed by atoms with Gasteiger partial charge in [-0.15, -0.1) is 0 Å². The number of anilines is 6. The van der Waals surface area contributed by atoms with E-state index in [0.29, 0.717) is 48.0 Å². The zero-order chi connectivity index (χ0) is 31.8. The van der Waals surface area contributed by atoms with Crippen molar-refractivity contribution in [1.29, 1.82) is 0 Å². The smallest absolute Gasteiger partial charge is 0.229 e. The molecule has 0 aliphatic carbocycles. The molecule has 2 saturated heterocycles. The number of halogens is 1. The number of pyridine rings is 1. The van der Waals surface area contributed by atoms with Crippen LogP contribution in [0.5, 0.6) is 5.75 Å². The lowest BCUT2D eigenvalue weighted by Gasteiger charge is -2.42. The Morgan fingerprint density at radius 2 is 1.74 bits per heavy atom. The van der Waals surface area contributed by atoms with Crippen LogP contribution in [0.15, 0.2) is 48.7 Å². The minimum absolute atomic E-state index is 0.278. The summed E-state index contributed by atoms with van der Waals surface area (Å²) >= 11 is 6.46. The summed E-state index contributed by atoms with van der Waals surface area (Å²) in [7, 11) is -1.32. The second-order valence-electron chi connectivity index (χ2n) is 12.3. The monoisotopic (exact) mass is 663 g/mol. The Labute approximate surface area is 274 Å². The molecule has 3 N–H and O–H groups in total. The molecule has 2 aromatic carbocycles. The molecule has 0 spiro atoms. The lowest BCUT2D eigenvalue weighted by atomic mass is 10.0. The zero-order valence-corrected chi connectivity index (χ0v) is 27.5. The van der Waals surface area contributed by atoms with Crippen LogP contribution in [0, 0.1) is 0 Å². The van der Waals surface area contributed by atoms with Crippen LogP contribution < -0.4 is 25.0 Å². The minimum atomic E-state index is -3.52. The number of sulfonamides is 1. The molecule has 14 heteroatoms. The summed E-state index contributed by atoms with van der Waals surface area (Å²) in [5.74, 6) is 2.35. The molecule has 0 radical (unpaired) electrons. The van der Waals surface area contributed by atoms with E-state index in [2.05, 4.69) is 59.2 Å². The number of hydrogen-bond donors (Lipinski definition) is 3. The van der Waals surface area contributed by atoms with Crippen molar-refractivity contribution in [1.82, 2.24) is 24.8 Å². The van der Waals surface area contributed by atoms with Gasteiger partial charge in [0.2, 0.25) is 16.0 Å². The highest BCUT2D eigenvalue weighted by Gasteiger charge is 2.27. The molecule has 4 aromatic rings. The van der Waals surface area contributed by atoms with E-state index in [1.54, 1.807) is 12.1 Å². The molecule has 2 fully saturated rings. The number of benzene rings is 2. The van der Waals surface area contributed by atoms with Gasteiger partial charge in [-0.1, -0.05) is 11.6 Å².